The first-order valence-corrected chi connectivity index (χ1v) is 12.5. The van der Waals surface area contributed by atoms with E-state index in [1.807, 2.05) is 37.3 Å². The van der Waals surface area contributed by atoms with Gasteiger partial charge in [0, 0.05) is 6.92 Å². The lowest BCUT2D eigenvalue weighted by molar-refractivity contribution is -0.151. The third-order valence-electron chi connectivity index (χ3n) is 5.76. The molecule has 1 aromatic rings. The summed E-state index contributed by atoms with van der Waals surface area (Å²) in [5, 5.41) is 9.36. The number of unbranched alkanes of at least 4 members (excludes halogenated alkanes) is 11. The topological polar surface area (TPSA) is 72.8 Å². The van der Waals surface area contributed by atoms with E-state index in [0.717, 1.165) is 31.2 Å². The molecule has 5 nitrogen and oxygen atoms in total. The van der Waals surface area contributed by atoms with Gasteiger partial charge in [-0.15, -0.1) is 0 Å². The molecule has 0 aliphatic carbocycles. The van der Waals surface area contributed by atoms with Crippen LogP contribution in [0.5, 0.6) is 0 Å². The van der Waals surface area contributed by atoms with Gasteiger partial charge in [-0.05, 0) is 31.7 Å². The number of hydrogen-bond donors (Lipinski definition) is 1. The second kappa shape index (κ2) is 18.7. The summed E-state index contributed by atoms with van der Waals surface area (Å²) in [4.78, 5) is 22.3. The molecule has 1 N–H and O–H groups in total. The van der Waals surface area contributed by atoms with E-state index in [4.69, 9.17) is 9.47 Å². The standard InChI is InChI=1S/C27H44O5/c1-23(32-24(2)28)18-14-11-9-7-5-3-4-6-8-10-12-17-21-26(27(29)30)31-22-25-19-15-13-16-20-25/h13,15-16,19-20,23,26H,3-12,14,17-18,21-22H2,1-2H3,(H,29,30). The van der Waals surface area contributed by atoms with Crippen LogP contribution < -0.4 is 0 Å². The van der Waals surface area contributed by atoms with Crippen LogP contribution in [0.1, 0.15) is 109 Å². The lowest BCUT2D eigenvalue weighted by Gasteiger charge is -2.13. The largest absolute Gasteiger partial charge is 0.479 e. The molecular formula is C27H44O5. The monoisotopic (exact) mass is 448 g/mol. The maximum Gasteiger partial charge on any atom is 0.332 e. The number of esters is 1. The summed E-state index contributed by atoms with van der Waals surface area (Å²) in [6.45, 7) is 3.78. The highest BCUT2D eigenvalue weighted by Gasteiger charge is 2.17. The highest BCUT2D eigenvalue weighted by Crippen LogP contribution is 2.15. The predicted molar refractivity (Wildman–Crippen MR) is 129 cm³/mol. The average Bonchev–Trinajstić information content (AvgIpc) is 2.75. The van der Waals surface area contributed by atoms with Crippen LogP contribution in [0.4, 0.5) is 0 Å². The molecule has 2 unspecified atom stereocenters. The van der Waals surface area contributed by atoms with Gasteiger partial charge in [-0.25, -0.2) is 4.79 Å². The summed E-state index contributed by atoms with van der Waals surface area (Å²) in [6, 6.07) is 9.72. The Morgan fingerprint density at radius 2 is 1.25 bits per heavy atom. The van der Waals surface area contributed by atoms with Crippen LogP contribution in [0.15, 0.2) is 30.3 Å². The summed E-state index contributed by atoms with van der Waals surface area (Å²) in [6.07, 6.45) is 15.4. The highest BCUT2D eigenvalue weighted by atomic mass is 16.5. The molecule has 0 spiro atoms. The van der Waals surface area contributed by atoms with Crippen molar-refractivity contribution in [3.8, 4) is 0 Å². The van der Waals surface area contributed by atoms with E-state index in [1.54, 1.807) is 0 Å². The number of carbonyl (C=O) groups is 2. The van der Waals surface area contributed by atoms with Crippen LogP contribution in [0.2, 0.25) is 0 Å². The van der Waals surface area contributed by atoms with Gasteiger partial charge in [-0.3, -0.25) is 4.79 Å². The van der Waals surface area contributed by atoms with E-state index in [9.17, 15) is 14.7 Å². The molecule has 0 aromatic heterocycles. The van der Waals surface area contributed by atoms with Crippen LogP contribution in [0.3, 0.4) is 0 Å². The van der Waals surface area contributed by atoms with E-state index in [1.165, 1.54) is 64.7 Å². The number of ether oxygens (including phenoxy) is 2. The minimum absolute atomic E-state index is 0.0457. The van der Waals surface area contributed by atoms with Crippen molar-refractivity contribution < 1.29 is 24.2 Å². The Kier molecular flexibility index (Phi) is 16.4. The fourth-order valence-electron chi connectivity index (χ4n) is 3.92. The Morgan fingerprint density at radius 1 is 0.781 bits per heavy atom. The molecule has 1 aromatic carbocycles. The van der Waals surface area contributed by atoms with E-state index in [0.29, 0.717) is 13.0 Å². The van der Waals surface area contributed by atoms with Crippen molar-refractivity contribution in [1.82, 2.24) is 0 Å². The molecular weight excluding hydrogens is 404 g/mol. The Morgan fingerprint density at radius 3 is 1.72 bits per heavy atom. The maximum atomic E-state index is 11.4. The number of aliphatic carboxylic acids is 1. The molecule has 0 aliphatic heterocycles. The van der Waals surface area contributed by atoms with Gasteiger partial charge in [0.05, 0.1) is 12.7 Å². The van der Waals surface area contributed by atoms with Gasteiger partial charge in [0.1, 0.15) is 0 Å². The minimum atomic E-state index is -0.861. The molecule has 0 saturated carbocycles. The van der Waals surface area contributed by atoms with Gasteiger partial charge in [0.15, 0.2) is 6.10 Å². The van der Waals surface area contributed by atoms with Crippen molar-refractivity contribution >= 4 is 11.9 Å². The number of benzene rings is 1. The number of carboxylic acids is 1. The van der Waals surface area contributed by atoms with Crippen molar-refractivity contribution in [1.29, 1.82) is 0 Å². The Labute approximate surface area is 194 Å². The van der Waals surface area contributed by atoms with Crippen LogP contribution in [0, 0.1) is 0 Å². The fourth-order valence-corrected chi connectivity index (χ4v) is 3.92. The minimum Gasteiger partial charge on any atom is -0.479 e. The lowest BCUT2D eigenvalue weighted by Crippen LogP contribution is -2.23. The van der Waals surface area contributed by atoms with Crippen molar-refractivity contribution in [2.75, 3.05) is 0 Å². The Hall–Kier alpha value is -1.88. The molecule has 5 heteroatoms. The van der Waals surface area contributed by atoms with Gasteiger partial charge in [-0.2, -0.15) is 0 Å². The first-order chi connectivity index (χ1) is 15.5. The normalized spacial score (nSPS) is 12.9. The van der Waals surface area contributed by atoms with Crippen molar-refractivity contribution in [3.05, 3.63) is 35.9 Å². The summed E-state index contributed by atoms with van der Waals surface area (Å²) in [7, 11) is 0. The number of carbonyl (C=O) groups excluding carboxylic acids is 1. The van der Waals surface area contributed by atoms with Crippen molar-refractivity contribution in [2.24, 2.45) is 0 Å². The zero-order chi connectivity index (χ0) is 23.4. The number of hydrogen-bond acceptors (Lipinski definition) is 4. The van der Waals surface area contributed by atoms with Gasteiger partial charge >= 0.3 is 11.9 Å². The molecule has 0 radical (unpaired) electrons. The third-order valence-corrected chi connectivity index (χ3v) is 5.76. The number of carboxylic acid groups (broad SMARTS) is 1. The van der Waals surface area contributed by atoms with E-state index in [2.05, 4.69) is 0 Å². The molecule has 0 heterocycles. The van der Waals surface area contributed by atoms with Crippen LogP contribution in [0.25, 0.3) is 0 Å². The van der Waals surface area contributed by atoms with E-state index in [-0.39, 0.29) is 12.1 Å². The molecule has 0 bridgehead atoms. The predicted octanol–water partition coefficient (Wildman–Crippen LogP) is 7.07. The Bertz CT molecular complexity index is 601. The number of rotatable bonds is 20. The van der Waals surface area contributed by atoms with Crippen molar-refractivity contribution in [2.45, 2.75) is 123 Å². The highest BCUT2D eigenvalue weighted by molar-refractivity contribution is 5.72. The molecule has 182 valence electrons. The first kappa shape index (κ1) is 28.2. The zero-order valence-electron chi connectivity index (χ0n) is 20.2. The smallest absolute Gasteiger partial charge is 0.332 e. The maximum absolute atomic E-state index is 11.4. The quantitative estimate of drug-likeness (QED) is 0.171. The summed E-state index contributed by atoms with van der Waals surface area (Å²) < 4.78 is 10.7. The van der Waals surface area contributed by atoms with Crippen LogP contribution >= 0.6 is 0 Å². The molecule has 2 atom stereocenters. The molecule has 0 fully saturated rings. The fraction of sp³-hybridized carbons (Fsp3) is 0.704. The SMILES string of the molecule is CC(=O)OC(C)CCCCCCCCCCCCCCC(OCc1ccccc1)C(=O)O. The Balaban J connectivity index is 1.89. The molecule has 0 amide bonds. The van der Waals surface area contributed by atoms with Gasteiger partial charge in [-0.1, -0.05) is 101 Å². The van der Waals surface area contributed by atoms with Gasteiger partial charge in [0.25, 0.3) is 0 Å². The van der Waals surface area contributed by atoms with Crippen molar-refractivity contribution in [3.63, 3.8) is 0 Å². The summed E-state index contributed by atoms with van der Waals surface area (Å²) >= 11 is 0. The van der Waals surface area contributed by atoms with Gasteiger partial charge in [0.2, 0.25) is 0 Å². The first-order valence-electron chi connectivity index (χ1n) is 12.5. The van der Waals surface area contributed by atoms with E-state index < -0.39 is 12.1 Å². The molecule has 32 heavy (non-hydrogen) atoms. The molecule has 0 saturated heterocycles. The van der Waals surface area contributed by atoms with E-state index >= 15 is 0 Å². The lowest BCUT2D eigenvalue weighted by atomic mass is 10.0. The van der Waals surface area contributed by atoms with Crippen LogP contribution in [-0.2, 0) is 25.7 Å². The summed E-state index contributed by atoms with van der Waals surface area (Å²) in [5.41, 5.74) is 1.01. The zero-order valence-corrected chi connectivity index (χ0v) is 20.2. The second-order valence-electron chi connectivity index (χ2n) is 8.86. The van der Waals surface area contributed by atoms with Crippen LogP contribution in [-0.4, -0.2) is 29.3 Å². The average molecular weight is 449 g/mol. The second-order valence-corrected chi connectivity index (χ2v) is 8.86. The molecule has 0 aliphatic rings. The summed E-state index contributed by atoms with van der Waals surface area (Å²) in [5.74, 6) is -1.05. The van der Waals surface area contributed by atoms with Gasteiger partial charge < -0.3 is 14.6 Å². The third kappa shape index (κ3) is 15.9. The molecule has 1 rings (SSSR count).